The summed E-state index contributed by atoms with van der Waals surface area (Å²) in [6, 6.07) is 12.4. The number of carbonyl (C=O) groups excluding carboxylic acids is 2. The molecule has 0 bridgehead atoms. The number of ketones is 1. The van der Waals surface area contributed by atoms with E-state index >= 15 is 0 Å². The normalized spacial score (nSPS) is 16.9. The summed E-state index contributed by atoms with van der Waals surface area (Å²) in [5.41, 5.74) is 2.19. The third-order valence-corrected chi connectivity index (χ3v) is 4.23. The Hall–Kier alpha value is -2.59. The number of fused-ring (bicyclic) bond motifs is 1. The monoisotopic (exact) mass is 341 g/mol. The molecule has 1 aliphatic heterocycles. The van der Waals surface area contributed by atoms with E-state index in [1.807, 2.05) is 19.1 Å². The number of amides is 1. The Labute approximate surface area is 145 Å². The van der Waals surface area contributed by atoms with Gasteiger partial charge in [0.2, 0.25) is 0 Å². The Morgan fingerprint density at radius 1 is 1.21 bits per heavy atom. The van der Waals surface area contributed by atoms with Crippen LogP contribution in [-0.4, -0.2) is 23.8 Å². The van der Waals surface area contributed by atoms with Crippen molar-refractivity contribution in [2.45, 2.75) is 12.8 Å². The molecule has 1 aliphatic rings. The van der Waals surface area contributed by atoms with Crippen molar-refractivity contribution in [2.75, 3.05) is 7.05 Å². The van der Waals surface area contributed by atoms with Crippen LogP contribution in [0.5, 0.6) is 5.75 Å². The van der Waals surface area contributed by atoms with Gasteiger partial charge in [-0.1, -0.05) is 41.9 Å². The molecule has 1 atom stereocenters. The largest absolute Gasteiger partial charge is 0.377 e. The highest BCUT2D eigenvalue weighted by molar-refractivity contribution is 6.30. The molecule has 0 aromatic heterocycles. The molecule has 0 saturated heterocycles. The molecule has 3 rings (SSSR count). The molecule has 122 valence electrons. The summed E-state index contributed by atoms with van der Waals surface area (Å²) in [6.07, 6.45) is 3.24. The van der Waals surface area contributed by atoms with E-state index < -0.39 is 0 Å². The molecule has 0 aliphatic carbocycles. The summed E-state index contributed by atoms with van der Waals surface area (Å²) in [5.74, 6) is 0.00983. The van der Waals surface area contributed by atoms with E-state index in [2.05, 4.69) is 0 Å². The molecular weight excluding hydrogens is 326 g/mol. The van der Waals surface area contributed by atoms with Crippen molar-refractivity contribution < 1.29 is 14.4 Å². The van der Waals surface area contributed by atoms with Gasteiger partial charge in [0.25, 0.3) is 5.91 Å². The Balaban J connectivity index is 1.83. The molecule has 24 heavy (non-hydrogen) atoms. The number of likely N-dealkylation sites (N-methyl/N-ethyl adjacent to an activating group) is 1. The van der Waals surface area contributed by atoms with Crippen LogP contribution in [-0.2, 0) is 4.79 Å². The first-order valence-corrected chi connectivity index (χ1v) is 7.91. The highest BCUT2D eigenvalue weighted by atomic mass is 35.5. The molecule has 2 aromatic rings. The molecule has 4 nitrogen and oxygen atoms in total. The quantitative estimate of drug-likeness (QED) is 0.623. The number of nitrogens with zero attached hydrogens (tertiary/aromatic N) is 1. The molecule has 2 aromatic carbocycles. The molecule has 1 amide bonds. The topological polar surface area (TPSA) is 46.6 Å². The van der Waals surface area contributed by atoms with E-state index in [9.17, 15) is 9.59 Å². The smallest absolute Gasteiger partial charge is 0.262 e. The zero-order valence-corrected chi connectivity index (χ0v) is 14.1. The molecule has 0 N–H and O–H groups in total. The number of hydrogen-bond donors (Lipinski definition) is 0. The van der Waals surface area contributed by atoms with E-state index in [0.717, 1.165) is 11.1 Å². The molecule has 0 radical (unpaired) electrons. The van der Waals surface area contributed by atoms with Gasteiger partial charge in [0.15, 0.2) is 11.5 Å². The van der Waals surface area contributed by atoms with E-state index in [1.165, 1.54) is 11.1 Å². The van der Waals surface area contributed by atoms with E-state index in [4.69, 9.17) is 16.4 Å². The Morgan fingerprint density at radius 3 is 2.62 bits per heavy atom. The average molecular weight is 342 g/mol. The van der Waals surface area contributed by atoms with Crippen molar-refractivity contribution in [3.63, 3.8) is 0 Å². The zero-order chi connectivity index (χ0) is 17.3. The second-order valence-electron chi connectivity index (χ2n) is 5.65. The highest BCUT2D eigenvalue weighted by Gasteiger charge is 2.29. The number of halogens is 1. The summed E-state index contributed by atoms with van der Waals surface area (Å²) in [5, 5.41) is 1.85. The average Bonchev–Trinajstić information content (AvgIpc) is 2.58. The van der Waals surface area contributed by atoms with Gasteiger partial charge in [0.05, 0.1) is 5.92 Å². The highest BCUT2D eigenvalue weighted by Crippen LogP contribution is 2.33. The van der Waals surface area contributed by atoms with Crippen LogP contribution >= 0.6 is 11.6 Å². The second kappa shape index (κ2) is 6.49. The number of hydrogen-bond acceptors (Lipinski definition) is 3. The Morgan fingerprint density at radius 2 is 1.92 bits per heavy atom. The number of rotatable bonds is 3. The van der Waals surface area contributed by atoms with Gasteiger partial charge in [-0.15, -0.1) is 0 Å². The van der Waals surface area contributed by atoms with Crippen LogP contribution in [0.1, 0.15) is 34.3 Å². The lowest BCUT2D eigenvalue weighted by Crippen LogP contribution is -2.37. The van der Waals surface area contributed by atoms with Crippen molar-refractivity contribution in [2.24, 2.45) is 0 Å². The summed E-state index contributed by atoms with van der Waals surface area (Å²) in [7, 11) is 1.57. The maximum absolute atomic E-state index is 12.3. The van der Waals surface area contributed by atoms with E-state index in [0.29, 0.717) is 16.3 Å². The van der Waals surface area contributed by atoms with Gasteiger partial charge in [-0.25, -0.2) is 0 Å². The van der Waals surface area contributed by atoms with Crippen LogP contribution in [0.15, 0.2) is 48.5 Å². The molecular formula is C19H16ClNO3. The predicted octanol–water partition coefficient (Wildman–Crippen LogP) is 4.11. The van der Waals surface area contributed by atoms with Crippen molar-refractivity contribution in [3.8, 4) is 5.75 Å². The first kappa shape index (κ1) is 16.3. The van der Waals surface area contributed by atoms with Crippen LogP contribution in [0.2, 0.25) is 5.02 Å². The first-order chi connectivity index (χ1) is 11.5. The van der Waals surface area contributed by atoms with Gasteiger partial charge in [-0.3, -0.25) is 9.59 Å². The molecule has 1 unspecified atom stereocenters. The van der Waals surface area contributed by atoms with Gasteiger partial charge >= 0.3 is 0 Å². The summed E-state index contributed by atoms with van der Waals surface area (Å²) in [4.78, 5) is 29.7. The summed E-state index contributed by atoms with van der Waals surface area (Å²) < 4.78 is 0. The van der Waals surface area contributed by atoms with Crippen molar-refractivity contribution in [3.05, 3.63) is 70.3 Å². The predicted molar refractivity (Wildman–Crippen MR) is 93.1 cm³/mol. The van der Waals surface area contributed by atoms with Crippen molar-refractivity contribution in [1.82, 2.24) is 5.06 Å². The lowest BCUT2D eigenvalue weighted by molar-refractivity contribution is -0.157. The fourth-order valence-electron chi connectivity index (χ4n) is 2.56. The molecule has 1 heterocycles. The number of allylic oxidation sites excluding steroid dienone is 1. The fraction of sp³-hybridized carbons (Fsp3) is 0.158. The Kier molecular flexibility index (Phi) is 4.40. The van der Waals surface area contributed by atoms with Gasteiger partial charge in [-0.05, 0) is 36.8 Å². The van der Waals surface area contributed by atoms with Crippen LogP contribution in [0.4, 0.5) is 0 Å². The van der Waals surface area contributed by atoms with Crippen molar-refractivity contribution >= 4 is 29.4 Å². The third kappa shape index (κ3) is 3.19. The fourth-order valence-corrected chi connectivity index (χ4v) is 2.69. The van der Waals surface area contributed by atoms with Crippen LogP contribution in [0.3, 0.4) is 0 Å². The minimum Gasteiger partial charge on any atom is -0.377 e. The minimum atomic E-state index is -0.285. The SMILES string of the molecule is CC1C(=O)N(C)Oc2cc(C(=O)C=Cc3ccc(Cl)cc3)ccc21. The van der Waals surface area contributed by atoms with Gasteiger partial charge < -0.3 is 4.84 Å². The van der Waals surface area contributed by atoms with E-state index in [1.54, 1.807) is 43.5 Å². The second-order valence-corrected chi connectivity index (χ2v) is 6.09. The van der Waals surface area contributed by atoms with Crippen LogP contribution in [0, 0.1) is 0 Å². The molecule has 5 heteroatoms. The number of hydroxylamine groups is 2. The molecule has 0 saturated carbocycles. The van der Waals surface area contributed by atoms with Crippen LogP contribution in [0.25, 0.3) is 6.08 Å². The summed E-state index contributed by atoms with van der Waals surface area (Å²) in [6.45, 7) is 1.82. The number of carbonyl (C=O) groups is 2. The first-order valence-electron chi connectivity index (χ1n) is 7.53. The molecule has 0 fully saturated rings. The number of benzene rings is 2. The zero-order valence-electron chi connectivity index (χ0n) is 13.3. The van der Waals surface area contributed by atoms with Crippen molar-refractivity contribution in [1.29, 1.82) is 0 Å². The molecule has 0 spiro atoms. The van der Waals surface area contributed by atoms with Gasteiger partial charge in [0.1, 0.15) is 0 Å². The third-order valence-electron chi connectivity index (χ3n) is 3.98. The summed E-state index contributed by atoms with van der Waals surface area (Å²) >= 11 is 5.84. The van der Waals surface area contributed by atoms with Gasteiger partial charge in [-0.2, -0.15) is 5.06 Å². The van der Waals surface area contributed by atoms with Gasteiger partial charge in [0, 0.05) is 23.2 Å². The van der Waals surface area contributed by atoms with Crippen LogP contribution < -0.4 is 4.84 Å². The maximum atomic E-state index is 12.3. The lowest BCUT2D eigenvalue weighted by Gasteiger charge is -2.29. The lowest BCUT2D eigenvalue weighted by atomic mass is 9.95. The maximum Gasteiger partial charge on any atom is 0.262 e. The minimum absolute atomic E-state index is 0.107. The van der Waals surface area contributed by atoms with E-state index in [-0.39, 0.29) is 17.6 Å². The Bertz CT molecular complexity index is 827. The standard InChI is InChI=1S/C19H16ClNO3/c1-12-16-9-6-14(11-18(16)24-21(2)19(12)23)17(22)10-5-13-3-7-15(20)8-4-13/h3-12H,1-2H3.